The lowest BCUT2D eigenvalue weighted by atomic mass is 9.91. The highest BCUT2D eigenvalue weighted by atomic mass is 16.5. The minimum absolute atomic E-state index is 0.269. The number of methoxy groups -OCH3 is 1. The van der Waals surface area contributed by atoms with E-state index in [0.717, 1.165) is 12.8 Å². The molecular formula is C13H23NO3. The Labute approximate surface area is 103 Å². The van der Waals surface area contributed by atoms with Crippen LogP contribution in [-0.2, 0) is 9.53 Å². The van der Waals surface area contributed by atoms with Gasteiger partial charge in [0.2, 0.25) is 0 Å². The molecule has 2 fully saturated rings. The van der Waals surface area contributed by atoms with E-state index in [9.17, 15) is 4.79 Å². The number of carboxylic acids is 1. The molecule has 17 heavy (non-hydrogen) atoms. The van der Waals surface area contributed by atoms with Crippen LogP contribution in [0.3, 0.4) is 0 Å². The van der Waals surface area contributed by atoms with Crippen molar-refractivity contribution in [1.29, 1.82) is 0 Å². The molecule has 0 amide bonds. The number of hydrogen-bond donors (Lipinski definition) is 1. The molecule has 0 bridgehead atoms. The monoisotopic (exact) mass is 241 g/mol. The van der Waals surface area contributed by atoms with Crippen LogP contribution in [-0.4, -0.2) is 47.8 Å². The fraction of sp³-hybridized carbons (Fsp3) is 0.923. The van der Waals surface area contributed by atoms with E-state index in [1.165, 1.54) is 25.7 Å². The Morgan fingerprint density at radius 3 is 2.65 bits per heavy atom. The zero-order valence-corrected chi connectivity index (χ0v) is 10.6. The van der Waals surface area contributed by atoms with Crippen LogP contribution in [0.5, 0.6) is 0 Å². The smallest absolute Gasteiger partial charge is 0.304 e. The molecule has 98 valence electrons. The third kappa shape index (κ3) is 3.68. The highest BCUT2D eigenvalue weighted by Gasteiger charge is 2.36. The van der Waals surface area contributed by atoms with Crippen molar-refractivity contribution in [2.45, 2.75) is 63.1 Å². The van der Waals surface area contributed by atoms with Gasteiger partial charge in [-0.15, -0.1) is 0 Å². The van der Waals surface area contributed by atoms with Gasteiger partial charge in [0, 0.05) is 25.7 Å². The first-order chi connectivity index (χ1) is 8.20. The maximum atomic E-state index is 10.7. The Balaban J connectivity index is 1.88. The van der Waals surface area contributed by atoms with Crippen molar-refractivity contribution in [1.82, 2.24) is 4.90 Å². The Morgan fingerprint density at radius 2 is 2.06 bits per heavy atom. The van der Waals surface area contributed by atoms with Crippen LogP contribution in [0, 0.1) is 0 Å². The molecule has 0 aliphatic heterocycles. The minimum atomic E-state index is -0.685. The number of aliphatic carboxylic acids is 1. The zero-order valence-electron chi connectivity index (χ0n) is 10.6. The molecule has 2 unspecified atom stereocenters. The molecule has 2 rings (SSSR count). The largest absolute Gasteiger partial charge is 0.481 e. The van der Waals surface area contributed by atoms with Gasteiger partial charge in [-0.2, -0.15) is 0 Å². The lowest BCUT2D eigenvalue weighted by molar-refractivity contribution is -0.137. The number of carboxylic acid groups (broad SMARTS) is 1. The number of nitrogens with zero attached hydrogens (tertiary/aromatic N) is 1. The van der Waals surface area contributed by atoms with E-state index in [0.29, 0.717) is 24.7 Å². The minimum Gasteiger partial charge on any atom is -0.481 e. The predicted octanol–water partition coefficient (Wildman–Crippen LogP) is 1.88. The summed E-state index contributed by atoms with van der Waals surface area (Å²) >= 11 is 0. The van der Waals surface area contributed by atoms with E-state index in [4.69, 9.17) is 9.84 Å². The molecule has 2 aliphatic carbocycles. The topological polar surface area (TPSA) is 49.8 Å². The van der Waals surface area contributed by atoms with Gasteiger partial charge in [-0.05, 0) is 38.5 Å². The molecule has 0 radical (unpaired) electrons. The molecule has 2 atom stereocenters. The van der Waals surface area contributed by atoms with E-state index in [1.807, 2.05) is 0 Å². The summed E-state index contributed by atoms with van der Waals surface area (Å²) in [4.78, 5) is 13.1. The van der Waals surface area contributed by atoms with Gasteiger partial charge in [0.1, 0.15) is 0 Å². The quantitative estimate of drug-likeness (QED) is 0.771. The average molecular weight is 241 g/mol. The first-order valence-electron chi connectivity index (χ1n) is 6.71. The Hall–Kier alpha value is -0.610. The highest BCUT2D eigenvalue weighted by molar-refractivity contribution is 5.66. The van der Waals surface area contributed by atoms with E-state index < -0.39 is 5.97 Å². The second-order valence-corrected chi connectivity index (χ2v) is 5.29. The second-order valence-electron chi connectivity index (χ2n) is 5.29. The molecule has 0 spiro atoms. The van der Waals surface area contributed by atoms with Gasteiger partial charge in [-0.1, -0.05) is 0 Å². The second kappa shape index (κ2) is 5.83. The lowest BCUT2D eigenvalue weighted by Gasteiger charge is -2.37. The summed E-state index contributed by atoms with van der Waals surface area (Å²) in [5, 5.41) is 8.81. The lowest BCUT2D eigenvalue weighted by Crippen LogP contribution is -2.43. The third-order valence-electron chi connectivity index (χ3n) is 4.00. The molecule has 4 heteroatoms. The maximum absolute atomic E-state index is 10.7. The number of rotatable bonds is 6. The normalized spacial score (nSPS) is 29.5. The van der Waals surface area contributed by atoms with Crippen molar-refractivity contribution < 1.29 is 14.6 Å². The van der Waals surface area contributed by atoms with Crippen molar-refractivity contribution >= 4 is 5.97 Å². The maximum Gasteiger partial charge on any atom is 0.304 e. The SMILES string of the molecule is COC1CCCC(N(CCC(=O)O)C2CC2)C1. The van der Waals surface area contributed by atoms with Crippen molar-refractivity contribution in [3.63, 3.8) is 0 Å². The van der Waals surface area contributed by atoms with Gasteiger partial charge in [-0.3, -0.25) is 9.69 Å². The van der Waals surface area contributed by atoms with E-state index >= 15 is 0 Å². The number of ether oxygens (including phenoxy) is 1. The van der Waals surface area contributed by atoms with Crippen molar-refractivity contribution in [3.05, 3.63) is 0 Å². The first-order valence-corrected chi connectivity index (χ1v) is 6.71. The highest BCUT2D eigenvalue weighted by Crippen LogP contribution is 2.34. The summed E-state index contributed by atoms with van der Waals surface area (Å²) < 4.78 is 5.45. The van der Waals surface area contributed by atoms with Crippen molar-refractivity contribution in [2.75, 3.05) is 13.7 Å². The van der Waals surface area contributed by atoms with Crippen LogP contribution in [0.1, 0.15) is 44.9 Å². The van der Waals surface area contributed by atoms with Crippen molar-refractivity contribution in [3.8, 4) is 0 Å². The molecule has 0 aromatic heterocycles. The molecule has 2 saturated carbocycles. The summed E-state index contributed by atoms with van der Waals surface area (Å²) in [6, 6.07) is 1.19. The molecule has 0 aromatic carbocycles. The standard InChI is InChI=1S/C13H23NO3/c1-17-12-4-2-3-11(9-12)14(10-5-6-10)8-7-13(15)16/h10-12H,2-9H2,1H3,(H,15,16). The van der Waals surface area contributed by atoms with Crippen LogP contribution in [0.25, 0.3) is 0 Å². The van der Waals surface area contributed by atoms with Gasteiger partial charge in [0.15, 0.2) is 0 Å². The molecule has 4 nitrogen and oxygen atoms in total. The van der Waals surface area contributed by atoms with Gasteiger partial charge in [-0.25, -0.2) is 0 Å². The first kappa shape index (κ1) is 12.8. The van der Waals surface area contributed by atoms with Gasteiger partial charge >= 0.3 is 5.97 Å². The van der Waals surface area contributed by atoms with Crippen molar-refractivity contribution in [2.24, 2.45) is 0 Å². The average Bonchev–Trinajstić information content (AvgIpc) is 3.14. The third-order valence-corrected chi connectivity index (χ3v) is 4.00. The molecule has 1 N–H and O–H groups in total. The fourth-order valence-electron chi connectivity index (χ4n) is 2.93. The molecular weight excluding hydrogens is 218 g/mol. The summed E-state index contributed by atoms with van der Waals surface area (Å²) in [5.74, 6) is -0.685. The van der Waals surface area contributed by atoms with Crippen LogP contribution < -0.4 is 0 Å². The van der Waals surface area contributed by atoms with E-state index in [-0.39, 0.29) is 6.42 Å². The number of carbonyl (C=O) groups is 1. The van der Waals surface area contributed by atoms with Gasteiger partial charge in [0.05, 0.1) is 12.5 Å². The van der Waals surface area contributed by atoms with Crippen LogP contribution in [0.15, 0.2) is 0 Å². The van der Waals surface area contributed by atoms with Crippen LogP contribution >= 0.6 is 0 Å². The Kier molecular flexibility index (Phi) is 4.40. The zero-order chi connectivity index (χ0) is 12.3. The van der Waals surface area contributed by atoms with E-state index in [1.54, 1.807) is 7.11 Å². The summed E-state index contributed by atoms with van der Waals surface area (Å²) in [7, 11) is 1.78. The fourth-order valence-corrected chi connectivity index (χ4v) is 2.93. The Morgan fingerprint density at radius 1 is 1.29 bits per heavy atom. The van der Waals surface area contributed by atoms with Crippen LogP contribution in [0.2, 0.25) is 0 Å². The predicted molar refractivity (Wildman–Crippen MR) is 65.0 cm³/mol. The molecule has 0 aromatic rings. The van der Waals surface area contributed by atoms with E-state index in [2.05, 4.69) is 4.90 Å². The van der Waals surface area contributed by atoms with Crippen LogP contribution in [0.4, 0.5) is 0 Å². The molecule has 0 heterocycles. The summed E-state index contributed by atoms with van der Waals surface area (Å²) in [6.07, 6.45) is 7.78. The van der Waals surface area contributed by atoms with Gasteiger partial charge in [0.25, 0.3) is 0 Å². The molecule has 2 aliphatic rings. The summed E-state index contributed by atoms with van der Waals surface area (Å²) in [5.41, 5.74) is 0. The number of hydrogen-bond acceptors (Lipinski definition) is 3. The Bertz CT molecular complexity index is 265. The summed E-state index contributed by atoms with van der Waals surface area (Å²) in [6.45, 7) is 0.709. The van der Waals surface area contributed by atoms with Gasteiger partial charge < -0.3 is 9.84 Å². The molecule has 0 saturated heterocycles.